The zero-order chi connectivity index (χ0) is 24.6. The lowest BCUT2D eigenvalue weighted by Gasteiger charge is -2.22. The summed E-state index contributed by atoms with van der Waals surface area (Å²) in [5.74, 6) is 1.69. The summed E-state index contributed by atoms with van der Waals surface area (Å²) in [7, 11) is 0. The number of benzene rings is 1. The second-order valence-electron chi connectivity index (χ2n) is 9.50. The minimum absolute atomic E-state index is 0.209. The summed E-state index contributed by atoms with van der Waals surface area (Å²) >= 11 is -0.215. The molecule has 1 unspecified atom stereocenters. The highest BCUT2D eigenvalue weighted by Crippen LogP contribution is 2.37. The Morgan fingerprint density at radius 3 is 2.09 bits per heavy atom. The van der Waals surface area contributed by atoms with Crippen molar-refractivity contribution in [1.29, 1.82) is 0 Å². The Hall–Kier alpha value is -2.64. The summed E-state index contributed by atoms with van der Waals surface area (Å²) in [6.07, 6.45) is 3.42. The van der Waals surface area contributed by atoms with E-state index in [1.54, 1.807) is 12.4 Å². The average Bonchev–Trinajstić information content (AvgIpc) is 3.19. The Bertz CT molecular complexity index is 1320. The Labute approximate surface area is 208 Å². The zero-order valence-electron chi connectivity index (χ0n) is 20.7. The highest BCUT2D eigenvalue weighted by molar-refractivity contribution is 7.80. The van der Waals surface area contributed by atoms with E-state index < -0.39 is 11.1 Å². The van der Waals surface area contributed by atoms with Crippen LogP contribution in [-0.4, -0.2) is 19.2 Å². The lowest BCUT2D eigenvalue weighted by Crippen LogP contribution is -2.12. The fourth-order valence-corrected chi connectivity index (χ4v) is 6.18. The number of hydrogen-bond acceptors (Lipinski definition) is 6. The van der Waals surface area contributed by atoms with Gasteiger partial charge in [0.15, 0.2) is 5.82 Å². The first kappa shape index (κ1) is 24.5. The SMILES string of the molecule is Cc1csc2c(OS(=O)c3c(C(C)C)cc(C(C)C)cc3C(C)C)nc(-c3ccncc3)nc12. The Balaban J connectivity index is 1.86. The van der Waals surface area contributed by atoms with Crippen molar-refractivity contribution >= 4 is 32.6 Å². The number of aromatic nitrogens is 3. The summed E-state index contributed by atoms with van der Waals surface area (Å²) < 4.78 is 20.9. The van der Waals surface area contributed by atoms with Crippen molar-refractivity contribution in [3.63, 3.8) is 0 Å². The van der Waals surface area contributed by atoms with Crippen molar-refractivity contribution in [3.05, 3.63) is 64.3 Å². The van der Waals surface area contributed by atoms with Crippen LogP contribution in [0.1, 0.15) is 81.5 Å². The van der Waals surface area contributed by atoms with Crippen molar-refractivity contribution in [1.82, 2.24) is 15.0 Å². The molecule has 3 aromatic heterocycles. The van der Waals surface area contributed by atoms with Gasteiger partial charge in [0.1, 0.15) is 4.70 Å². The van der Waals surface area contributed by atoms with Crippen LogP contribution in [0.2, 0.25) is 0 Å². The van der Waals surface area contributed by atoms with Crippen LogP contribution < -0.4 is 4.18 Å². The van der Waals surface area contributed by atoms with Crippen LogP contribution in [0.4, 0.5) is 0 Å². The van der Waals surface area contributed by atoms with Gasteiger partial charge in [-0.05, 0) is 64.4 Å². The first-order valence-electron chi connectivity index (χ1n) is 11.6. The molecular weight excluding hydrogens is 462 g/mol. The molecule has 0 saturated carbocycles. The molecule has 3 heterocycles. The zero-order valence-corrected chi connectivity index (χ0v) is 22.4. The summed E-state index contributed by atoms with van der Waals surface area (Å²) in [4.78, 5) is 14.3. The van der Waals surface area contributed by atoms with Crippen molar-refractivity contribution in [3.8, 4) is 17.3 Å². The van der Waals surface area contributed by atoms with Crippen LogP contribution in [0.15, 0.2) is 46.9 Å². The molecule has 0 fully saturated rings. The van der Waals surface area contributed by atoms with E-state index in [2.05, 4.69) is 58.7 Å². The van der Waals surface area contributed by atoms with Crippen LogP contribution in [0.5, 0.6) is 5.88 Å². The molecule has 1 atom stereocenters. The van der Waals surface area contributed by atoms with Crippen molar-refractivity contribution in [2.24, 2.45) is 0 Å². The normalized spacial score (nSPS) is 12.8. The standard InChI is InChI=1S/C27H31N3O2S2/c1-15(2)20-12-21(16(3)4)25(22(13-20)17(5)6)34(31)32-27-24-23(18(7)14-33-24)29-26(30-27)19-8-10-28-11-9-19/h8-17H,1-7H3. The molecule has 5 nitrogen and oxygen atoms in total. The third kappa shape index (κ3) is 4.77. The average molecular weight is 494 g/mol. The fraction of sp³-hybridized carbons (Fsp3) is 0.370. The summed E-state index contributed by atoms with van der Waals surface area (Å²) in [5, 5.41) is 2.03. The number of pyridine rings is 1. The summed E-state index contributed by atoms with van der Waals surface area (Å²) in [6, 6.07) is 8.10. The van der Waals surface area contributed by atoms with Gasteiger partial charge in [0.2, 0.25) is 11.1 Å². The quantitative estimate of drug-likeness (QED) is 0.266. The largest absolute Gasteiger partial charge is 0.374 e. The lowest BCUT2D eigenvalue weighted by molar-refractivity contribution is 0.547. The molecule has 0 amide bonds. The van der Waals surface area contributed by atoms with E-state index in [-0.39, 0.29) is 11.8 Å². The highest BCUT2D eigenvalue weighted by Gasteiger charge is 2.25. The molecule has 0 aliphatic rings. The third-order valence-corrected chi connectivity index (χ3v) is 8.09. The maximum Gasteiger partial charge on any atom is 0.252 e. The maximum atomic E-state index is 13.9. The molecule has 34 heavy (non-hydrogen) atoms. The van der Waals surface area contributed by atoms with E-state index >= 15 is 0 Å². The molecule has 7 heteroatoms. The predicted molar refractivity (Wildman–Crippen MR) is 141 cm³/mol. The smallest absolute Gasteiger partial charge is 0.252 e. The van der Waals surface area contributed by atoms with E-state index in [4.69, 9.17) is 14.2 Å². The second kappa shape index (κ2) is 9.92. The van der Waals surface area contributed by atoms with Gasteiger partial charge in [0, 0.05) is 18.0 Å². The number of hydrogen-bond donors (Lipinski definition) is 0. The minimum atomic E-state index is -1.73. The van der Waals surface area contributed by atoms with E-state index in [0.29, 0.717) is 17.6 Å². The molecule has 0 aliphatic carbocycles. The van der Waals surface area contributed by atoms with Crippen LogP contribution >= 0.6 is 11.3 Å². The van der Waals surface area contributed by atoms with Gasteiger partial charge in [-0.1, -0.05) is 53.7 Å². The van der Waals surface area contributed by atoms with E-state index in [9.17, 15) is 4.21 Å². The Morgan fingerprint density at radius 1 is 0.912 bits per heavy atom. The Morgan fingerprint density at radius 2 is 1.53 bits per heavy atom. The van der Waals surface area contributed by atoms with E-state index in [1.807, 2.05) is 24.4 Å². The van der Waals surface area contributed by atoms with Crippen LogP contribution in [0.3, 0.4) is 0 Å². The fourth-order valence-electron chi connectivity index (χ4n) is 3.89. The lowest BCUT2D eigenvalue weighted by atomic mass is 9.89. The molecule has 0 spiro atoms. The van der Waals surface area contributed by atoms with Gasteiger partial charge in [0.05, 0.1) is 10.4 Å². The minimum Gasteiger partial charge on any atom is -0.374 e. The van der Waals surface area contributed by atoms with E-state index in [1.165, 1.54) is 16.9 Å². The van der Waals surface area contributed by atoms with Crippen LogP contribution in [0.25, 0.3) is 21.6 Å². The van der Waals surface area contributed by atoms with Crippen LogP contribution in [-0.2, 0) is 11.1 Å². The number of rotatable bonds is 7. The third-order valence-electron chi connectivity index (χ3n) is 5.90. The van der Waals surface area contributed by atoms with Crippen molar-refractivity contribution in [2.45, 2.75) is 71.1 Å². The van der Waals surface area contributed by atoms with Gasteiger partial charge in [-0.2, -0.15) is 4.98 Å². The Kier molecular flexibility index (Phi) is 7.14. The molecule has 0 saturated heterocycles. The molecule has 0 radical (unpaired) electrons. The molecule has 4 rings (SSSR count). The first-order valence-corrected chi connectivity index (χ1v) is 13.6. The molecule has 0 aliphatic heterocycles. The van der Waals surface area contributed by atoms with Crippen molar-refractivity contribution < 1.29 is 8.39 Å². The number of fused-ring (bicyclic) bond motifs is 1. The molecule has 4 aromatic rings. The first-order chi connectivity index (χ1) is 16.2. The van der Waals surface area contributed by atoms with Gasteiger partial charge >= 0.3 is 0 Å². The number of aryl methyl sites for hydroxylation is 1. The molecular formula is C27H31N3O2S2. The predicted octanol–water partition coefficient (Wildman–Crippen LogP) is 7.53. The van der Waals surface area contributed by atoms with Gasteiger partial charge in [-0.15, -0.1) is 11.3 Å². The summed E-state index contributed by atoms with van der Waals surface area (Å²) in [6.45, 7) is 14.9. The van der Waals surface area contributed by atoms with Crippen LogP contribution in [0, 0.1) is 6.92 Å². The molecule has 178 valence electrons. The van der Waals surface area contributed by atoms with Gasteiger partial charge in [-0.25, -0.2) is 9.19 Å². The topological polar surface area (TPSA) is 65.0 Å². The molecule has 0 N–H and O–H groups in total. The molecule has 0 bridgehead atoms. The van der Waals surface area contributed by atoms with Gasteiger partial charge in [-0.3, -0.25) is 4.98 Å². The van der Waals surface area contributed by atoms with Gasteiger partial charge < -0.3 is 4.18 Å². The van der Waals surface area contributed by atoms with E-state index in [0.717, 1.165) is 37.4 Å². The maximum absolute atomic E-state index is 13.9. The summed E-state index contributed by atoms with van der Waals surface area (Å²) in [5.41, 5.74) is 6.09. The second-order valence-corrected chi connectivity index (χ2v) is 11.4. The molecule has 1 aromatic carbocycles. The van der Waals surface area contributed by atoms with Crippen molar-refractivity contribution in [2.75, 3.05) is 0 Å². The van der Waals surface area contributed by atoms with Gasteiger partial charge in [0.25, 0.3) is 5.88 Å². The number of nitrogens with zero attached hydrogens (tertiary/aromatic N) is 3. The highest BCUT2D eigenvalue weighted by atomic mass is 32.2. The number of thiophene rings is 1. The monoisotopic (exact) mass is 493 g/mol.